The number of hydrogen-bond donors (Lipinski definition) is 1. The minimum atomic E-state index is -0.441. The summed E-state index contributed by atoms with van der Waals surface area (Å²) in [5.41, 5.74) is 0.668. The normalized spacial score (nSPS) is 10.6. The number of imidazole rings is 1. The highest BCUT2D eigenvalue weighted by atomic mass is 16.6. The smallest absolute Gasteiger partial charge is 0.312 e. The lowest BCUT2D eigenvalue weighted by Gasteiger charge is -2.08. The van der Waals surface area contributed by atoms with Crippen LogP contribution in [0.2, 0.25) is 0 Å². The van der Waals surface area contributed by atoms with Crippen LogP contribution in [-0.4, -0.2) is 31.5 Å². The maximum atomic E-state index is 11.2. The summed E-state index contributed by atoms with van der Waals surface area (Å²) >= 11 is 0. The molecule has 0 radical (unpaired) electrons. The predicted octanol–water partition coefficient (Wildman–Crippen LogP) is 1.54. The molecule has 2 aromatic rings. The van der Waals surface area contributed by atoms with E-state index in [-0.39, 0.29) is 5.69 Å². The predicted molar refractivity (Wildman–Crippen MR) is 73.7 cm³/mol. The van der Waals surface area contributed by atoms with E-state index in [1.165, 1.54) is 0 Å². The van der Waals surface area contributed by atoms with Gasteiger partial charge < -0.3 is 9.88 Å². The first-order chi connectivity index (χ1) is 9.56. The molecule has 0 fully saturated rings. The second kappa shape index (κ2) is 5.64. The Kier molecular flexibility index (Phi) is 3.92. The summed E-state index contributed by atoms with van der Waals surface area (Å²) in [6.07, 6.45) is 3.82. The first-order valence-corrected chi connectivity index (χ1v) is 6.26. The molecular formula is C12H16N6O2. The Balaban J connectivity index is 2.49. The molecule has 0 unspecified atom stereocenters. The van der Waals surface area contributed by atoms with Gasteiger partial charge in [-0.25, -0.2) is 15.0 Å². The Morgan fingerprint density at radius 2 is 2.20 bits per heavy atom. The van der Waals surface area contributed by atoms with Crippen molar-refractivity contribution in [2.75, 3.05) is 12.4 Å². The van der Waals surface area contributed by atoms with Crippen LogP contribution in [0.3, 0.4) is 0 Å². The summed E-state index contributed by atoms with van der Waals surface area (Å²) in [7, 11) is 1.68. The highest BCUT2D eigenvalue weighted by molar-refractivity contribution is 5.45. The lowest BCUT2D eigenvalue weighted by Crippen LogP contribution is -2.10. The zero-order chi connectivity index (χ0) is 14.7. The van der Waals surface area contributed by atoms with Crippen LogP contribution in [0.1, 0.15) is 24.1 Å². The molecule has 8 nitrogen and oxygen atoms in total. The third-order valence-electron chi connectivity index (χ3n) is 3.00. The van der Waals surface area contributed by atoms with Gasteiger partial charge >= 0.3 is 5.69 Å². The van der Waals surface area contributed by atoms with Gasteiger partial charge in [-0.2, -0.15) is 0 Å². The number of aromatic nitrogens is 4. The van der Waals surface area contributed by atoms with Gasteiger partial charge in [0, 0.05) is 26.0 Å². The van der Waals surface area contributed by atoms with Crippen LogP contribution in [0, 0.1) is 17.0 Å². The van der Waals surface area contributed by atoms with Crippen LogP contribution in [0.15, 0.2) is 12.4 Å². The molecule has 2 aromatic heterocycles. The van der Waals surface area contributed by atoms with Crippen molar-refractivity contribution in [3.05, 3.63) is 39.7 Å². The summed E-state index contributed by atoms with van der Waals surface area (Å²) < 4.78 is 1.93. The average molecular weight is 276 g/mol. The van der Waals surface area contributed by atoms with Gasteiger partial charge in [-0.3, -0.25) is 10.1 Å². The van der Waals surface area contributed by atoms with E-state index in [1.807, 2.05) is 17.7 Å². The Morgan fingerprint density at radius 3 is 2.80 bits per heavy atom. The van der Waals surface area contributed by atoms with Crippen LogP contribution in [0.5, 0.6) is 0 Å². The fraction of sp³-hybridized carbons (Fsp3) is 0.417. The maximum Gasteiger partial charge on any atom is 0.312 e. The number of nitrogens with one attached hydrogen (secondary N) is 1. The van der Waals surface area contributed by atoms with Crippen molar-refractivity contribution in [3.63, 3.8) is 0 Å². The molecule has 20 heavy (non-hydrogen) atoms. The summed E-state index contributed by atoms with van der Waals surface area (Å²) in [5, 5.41) is 14.0. The molecule has 0 aliphatic rings. The average Bonchev–Trinajstić information content (AvgIpc) is 2.84. The van der Waals surface area contributed by atoms with E-state index >= 15 is 0 Å². The Labute approximate surface area is 116 Å². The van der Waals surface area contributed by atoms with Crippen molar-refractivity contribution >= 4 is 11.6 Å². The first-order valence-electron chi connectivity index (χ1n) is 6.26. The number of anilines is 1. The van der Waals surface area contributed by atoms with E-state index in [9.17, 15) is 10.1 Å². The van der Waals surface area contributed by atoms with Crippen molar-refractivity contribution < 1.29 is 4.92 Å². The topological polar surface area (TPSA) is 98.8 Å². The second-order valence-electron chi connectivity index (χ2n) is 4.24. The molecule has 0 atom stereocenters. The molecule has 106 valence electrons. The van der Waals surface area contributed by atoms with E-state index in [1.54, 1.807) is 20.2 Å². The Morgan fingerprint density at radius 1 is 1.45 bits per heavy atom. The molecule has 0 amide bonds. The first kappa shape index (κ1) is 13.9. The van der Waals surface area contributed by atoms with Gasteiger partial charge in [0.25, 0.3) is 0 Å². The summed E-state index contributed by atoms with van der Waals surface area (Å²) in [6, 6.07) is 0. The second-order valence-corrected chi connectivity index (χ2v) is 4.24. The lowest BCUT2D eigenvalue weighted by molar-refractivity contribution is -0.386. The van der Waals surface area contributed by atoms with E-state index in [2.05, 4.69) is 20.3 Å². The molecule has 0 aromatic carbocycles. The molecule has 2 heterocycles. The van der Waals surface area contributed by atoms with Gasteiger partial charge in [-0.15, -0.1) is 0 Å². The van der Waals surface area contributed by atoms with Crippen LogP contribution >= 0.6 is 0 Å². The van der Waals surface area contributed by atoms with E-state index in [0.717, 1.165) is 12.4 Å². The molecule has 0 aliphatic carbocycles. The van der Waals surface area contributed by atoms with Crippen molar-refractivity contribution in [1.82, 2.24) is 19.5 Å². The Bertz CT molecular complexity index is 637. The highest BCUT2D eigenvalue weighted by Gasteiger charge is 2.23. The third-order valence-corrected chi connectivity index (χ3v) is 3.00. The molecular weight excluding hydrogens is 260 g/mol. The van der Waals surface area contributed by atoms with Gasteiger partial charge in [0.05, 0.1) is 11.3 Å². The van der Waals surface area contributed by atoms with Gasteiger partial charge in [0.15, 0.2) is 0 Å². The summed E-state index contributed by atoms with van der Waals surface area (Å²) in [5.74, 6) is 1.12. The van der Waals surface area contributed by atoms with Crippen LogP contribution in [0.25, 0.3) is 0 Å². The number of aryl methyl sites for hydroxylation is 2. The quantitative estimate of drug-likeness (QED) is 0.657. The molecule has 0 spiro atoms. The zero-order valence-corrected chi connectivity index (χ0v) is 11.6. The highest BCUT2D eigenvalue weighted by Crippen LogP contribution is 2.23. The fourth-order valence-corrected chi connectivity index (χ4v) is 2.04. The molecule has 8 heteroatoms. The lowest BCUT2D eigenvalue weighted by atomic mass is 10.2. The van der Waals surface area contributed by atoms with Gasteiger partial charge in [-0.1, -0.05) is 0 Å². The molecule has 0 aliphatic heterocycles. The van der Waals surface area contributed by atoms with E-state index in [0.29, 0.717) is 23.8 Å². The summed E-state index contributed by atoms with van der Waals surface area (Å²) in [6.45, 7) is 4.35. The molecule has 2 rings (SSSR count). The largest absolute Gasteiger partial charge is 0.357 e. The van der Waals surface area contributed by atoms with Crippen LogP contribution in [-0.2, 0) is 13.0 Å². The monoisotopic (exact) mass is 276 g/mol. The van der Waals surface area contributed by atoms with E-state index < -0.39 is 4.92 Å². The molecule has 0 bridgehead atoms. The third kappa shape index (κ3) is 2.58. The standard InChI is InChI=1S/C12H16N6O2/c1-4-17-6-5-14-10(17)7-9-11(18(19)20)8(2)15-12(13-3)16-9/h5-6H,4,7H2,1-3H3,(H,13,15,16). The SMILES string of the molecule is CCn1ccnc1Cc1nc(NC)nc(C)c1[N+](=O)[O-]. The summed E-state index contributed by atoms with van der Waals surface area (Å²) in [4.78, 5) is 23.3. The molecule has 0 saturated heterocycles. The van der Waals surface area contributed by atoms with Crippen LogP contribution < -0.4 is 5.32 Å². The number of rotatable bonds is 5. The number of nitrogens with zero attached hydrogens (tertiary/aromatic N) is 5. The zero-order valence-electron chi connectivity index (χ0n) is 11.6. The van der Waals surface area contributed by atoms with Gasteiger partial charge in [0.2, 0.25) is 5.95 Å². The minimum absolute atomic E-state index is 0.0466. The van der Waals surface area contributed by atoms with Crippen molar-refractivity contribution in [2.45, 2.75) is 26.8 Å². The minimum Gasteiger partial charge on any atom is -0.357 e. The van der Waals surface area contributed by atoms with Crippen LogP contribution in [0.4, 0.5) is 11.6 Å². The van der Waals surface area contributed by atoms with Gasteiger partial charge in [-0.05, 0) is 13.8 Å². The van der Waals surface area contributed by atoms with Gasteiger partial charge in [0.1, 0.15) is 17.2 Å². The molecule has 0 saturated carbocycles. The fourth-order valence-electron chi connectivity index (χ4n) is 2.04. The molecule has 1 N–H and O–H groups in total. The maximum absolute atomic E-state index is 11.2. The number of nitro groups is 1. The van der Waals surface area contributed by atoms with Crippen molar-refractivity contribution in [2.24, 2.45) is 0 Å². The number of hydrogen-bond acceptors (Lipinski definition) is 6. The van der Waals surface area contributed by atoms with Crippen molar-refractivity contribution in [1.29, 1.82) is 0 Å². The van der Waals surface area contributed by atoms with Crippen molar-refractivity contribution in [3.8, 4) is 0 Å². The van der Waals surface area contributed by atoms with E-state index in [4.69, 9.17) is 0 Å². The Hall–Kier alpha value is -2.51.